The number of nitrogens with zero attached hydrogens (tertiary/aromatic N) is 3. The minimum absolute atomic E-state index is 0.0334. The molecule has 1 aromatic carbocycles. The fraction of sp³-hybridized carbons (Fsp3) is 0.318. The molecule has 0 atom stereocenters. The normalized spacial score (nSPS) is 14.4. The van der Waals surface area contributed by atoms with Gasteiger partial charge >= 0.3 is 0 Å². The van der Waals surface area contributed by atoms with Crippen molar-refractivity contribution in [3.63, 3.8) is 0 Å². The van der Waals surface area contributed by atoms with E-state index in [0.717, 1.165) is 30.1 Å². The second-order valence-electron chi connectivity index (χ2n) is 7.23. The van der Waals surface area contributed by atoms with Crippen LogP contribution in [-0.2, 0) is 0 Å². The Morgan fingerprint density at radius 2 is 1.97 bits per heavy atom. The number of methoxy groups -OCH3 is 1. The fourth-order valence-electron chi connectivity index (χ4n) is 3.59. The minimum Gasteiger partial charge on any atom is -0.496 e. The summed E-state index contributed by atoms with van der Waals surface area (Å²) in [7, 11) is 1.62. The molecule has 8 nitrogen and oxygen atoms in total. The Labute approximate surface area is 184 Å². The predicted molar refractivity (Wildman–Crippen MR) is 120 cm³/mol. The van der Waals surface area contributed by atoms with Gasteiger partial charge in [-0.25, -0.2) is 0 Å². The number of carbonyl (C=O) groups is 2. The number of benzene rings is 1. The fourth-order valence-corrected chi connectivity index (χ4v) is 4.23. The van der Waals surface area contributed by atoms with Crippen LogP contribution in [0.5, 0.6) is 5.75 Å². The van der Waals surface area contributed by atoms with Crippen molar-refractivity contribution in [2.75, 3.05) is 46.4 Å². The summed E-state index contributed by atoms with van der Waals surface area (Å²) in [6, 6.07) is 13.1. The molecule has 1 saturated heterocycles. The van der Waals surface area contributed by atoms with E-state index in [1.54, 1.807) is 13.2 Å². The lowest BCUT2D eigenvalue weighted by molar-refractivity contribution is 0.0632. The Bertz CT molecular complexity index is 1030. The largest absolute Gasteiger partial charge is 0.496 e. The van der Waals surface area contributed by atoms with Crippen molar-refractivity contribution >= 4 is 23.2 Å². The van der Waals surface area contributed by atoms with Crippen LogP contribution in [0.2, 0.25) is 0 Å². The average Bonchev–Trinajstić information content (AvgIpc) is 3.51. The Kier molecular flexibility index (Phi) is 6.63. The van der Waals surface area contributed by atoms with E-state index in [9.17, 15) is 9.59 Å². The van der Waals surface area contributed by atoms with Gasteiger partial charge in [-0.3, -0.25) is 19.6 Å². The van der Waals surface area contributed by atoms with Gasteiger partial charge in [0.15, 0.2) is 0 Å². The highest BCUT2D eigenvalue weighted by Gasteiger charge is 2.24. The first-order valence-corrected chi connectivity index (χ1v) is 11.1. The summed E-state index contributed by atoms with van der Waals surface area (Å²) in [6.07, 6.45) is 0. The molecule has 2 aromatic heterocycles. The molecule has 0 unspecified atom stereocenters. The number of carbonyl (C=O) groups excluding carboxylic acids is 2. The zero-order chi connectivity index (χ0) is 21.6. The van der Waals surface area contributed by atoms with Crippen molar-refractivity contribution < 1.29 is 14.3 Å². The summed E-state index contributed by atoms with van der Waals surface area (Å²) in [4.78, 5) is 29.7. The number of nitrogens with one attached hydrogen (secondary N) is 2. The highest BCUT2D eigenvalue weighted by molar-refractivity contribution is 7.12. The summed E-state index contributed by atoms with van der Waals surface area (Å²) in [6.45, 7) is 4.18. The molecule has 1 aliphatic rings. The molecule has 0 aliphatic carbocycles. The molecule has 0 bridgehead atoms. The van der Waals surface area contributed by atoms with Gasteiger partial charge in [-0.15, -0.1) is 11.3 Å². The number of amides is 2. The summed E-state index contributed by atoms with van der Waals surface area (Å²) >= 11 is 1.44. The van der Waals surface area contributed by atoms with Crippen LogP contribution >= 0.6 is 11.3 Å². The van der Waals surface area contributed by atoms with E-state index in [-0.39, 0.29) is 11.8 Å². The molecular formula is C22H25N5O3S. The smallest absolute Gasteiger partial charge is 0.271 e. The molecule has 4 rings (SSSR count). The molecule has 3 aromatic rings. The first-order valence-electron chi connectivity index (χ1n) is 10.2. The second-order valence-corrected chi connectivity index (χ2v) is 8.18. The minimum atomic E-state index is -0.0562. The lowest BCUT2D eigenvalue weighted by atomic mass is 10.1. The molecule has 2 N–H and O–H groups in total. The van der Waals surface area contributed by atoms with E-state index in [4.69, 9.17) is 4.74 Å². The summed E-state index contributed by atoms with van der Waals surface area (Å²) < 4.78 is 5.39. The zero-order valence-corrected chi connectivity index (χ0v) is 18.2. The van der Waals surface area contributed by atoms with Gasteiger partial charge in [0, 0.05) is 44.8 Å². The Morgan fingerprint density at radius 3 is 2.71 bits per heavy atom. The third-order valence-corrected chi connectivity index (χ3v) is 6.18. The van der Waals surface area contributed by atoms with Crippen molar-refractivity contribution in [3.05, 3.63) is 58.4 Å². The second kappa shape index (κ2) is 9.76. The predicted octanol–water partition coefficient (Wildman–Crippen LogP) is 2.33. The zero-order valence-electron chi connectivity index (χ0n) is 17.3. The summed E-state index contributed by atoms with van der Waals surface area (Å²) in [5.74, 6) is 0.626. The molecule has 1 fully saturated rings. The molecule has 31 heavy (non-hydrogen) atoms. The van der Waals surface area contributed by atoms with Crippen LogP contribution in [0.4, 0.5) is 0 Å². The molecule has 3 heterocycles. The highest BCUT2D eigenvalue weighted by Crippen LogP contribution is 2.28. The van der Waals surface area contributed by atoms with E-state index in [1.165, 1.54) is 11.3 Å². The van der Waals surface area contributed by atoms with Gasteiger partial charge in [0.05, 0.1) is 17.7 Å². The third-order valence-electron chi connectivity index (χ3n) is 5.31. The van der Waals surface area contributed by atoms with Crippen LogP contribution in [0, 0.1) is 0 Å². The van der Waals surface area contributed by atoms with E-state index in [0.29, 0.717) is 36.8 Å². The maximum Gasteiger partial charge on any atom is 0.271 e. The Morgan fingerprint density at radius 1 is 1.16 bits per heavy atom. The van der Waals surface area contributed by atoms with Gasteiger partial charge < -0.3 is 15.0 Å². The van der Waals surface area contributed by atoms with E-state index < -0.39 is 0 Å². The molecule has 0 spiro atoms. The molecule has 0 radical (unpaired) electrons. The standard InChI is InChI=1S/C22H25N5O3S/c1-30-19-6-3-2-5-16(19)17-15-18(25-24-17)22(29)27-12-10-26(11-13-27)9-8-23-21(28)20-7-4-14-31-20/h2-7,14-15H,8-13H2,1H3,(H,23,28)(H,24,25). The number of thiophene rings is 1. The van der Waals surface area contributed by atoms with E-state index >= 15 is 0 Å². The van der Waals surface area contributed by atoms with Gasteiger partial charge in [0.1, 0.15) is 11.4 Å². The van der Waals surface area contributed by atoms with Gasteiger partial charge in [-0.2, -0.15) is 5.10 Å². The maximum absolute atomic E-state index is 12.9. The molecular weight excluding hydrogens is 414 g/mol. The monoisotopic (exact) mass is 439 g/mol. The molecule has 9 heteroatoms. The molecule has 162 valence electrons. The average molecular weight is 440 g/mol. The lowest BCUT2D eigenvalue weighted by Crippen LogP contribution is -2.50. The maximum atomic E-state index is 12.9. The lowest BCUT2D eigenvalue weighted by Gasteiger charge is -2.34. The van der Waals surface area contributed by atoms with Crippen molar-refractivity contribution in [1.29, 1.82) is 0 Å². The first kappa shape index (κ1) is 21.1. The van der Waals surface area contributed by atoms with Gasteiger partial charge in [0.25, 0.3) is 11.8 Å². The number of hydrogen-bond donors (Lipinski definition) is 2. The van der Waals surface area contributed by atoms with Crippen LogP contribution in [-0.4, -0.2) is 78.2 Å². The van der Waals surface area contributed by atoms with Gasteiger partial charge in [-0.05, 0) is 29.6 Å². The highest BCUT2D eigenvalue weighted by atomic mass is 32.1. The first-order chi connectivity index (χ1) is 15.2. The van der Waals surface area contributed by atoms with Crippen LogP contribution < -0.4 is 10.1 Å². The van der Waals surface area contributed by atoms with Crippen molar-refractivity contribution in [1.82, 2.24) is 25.3 Å². The van der Waals surface area contributed by atoms with Crippen molar-refractivity contribution in [3.8, 4) is 17.0 Å². The summed E-state index contributed by atoms with van der Waals surface area (Å²) in [5.41, 5.74) is 1.99. The van der Waals surface area contributed by atoms with Crippen LogP contribution in [0.3, 0.4) is 0 Å². The number of rotatable bonds is 7. The topological polar surface area (TPSA) is 90.6 Å². The number of para-hydroxylation sites is 1. The van der Waals surface area contributed by atoms with Crippen molar-refractivity contribution in [2.45, 2.75) is 0 Å². The summed E-state index contributed by atoms with van der Waals surface area (Å²) in [5, 5.41) is 12.0. The van der Waals surface area contributed by atoms with Crippen LogP contribution in [0.15, 0.2) is 47.8 Å². The van der Waals surface area contributed by atoms with Crippen LogP contribution in [0.1, 0.15) is 20.2 Å². The number of aromatic amines is 1. The number of hydrogen-bond acceptors (Lipinski definition) is 6. The Balaban J connectivity index is 1.27. The molecule has 2 amide bonds. The third kappa shape index (κ3) is 4.95. The quantitative estimate of drug-likeness (QED) is 0.590. The number of piperazine rings is 1. The number of H-pyrrole nitrogens is 1. The molecule has 1 aliphatic heterocycles. The Hall–Kier alpha value is -3.17. The number of ether oxygens (including phenoxy) is 1. The van der Waals surface area contributed by atoms with Gasteiger partial charge in [0.2, 0.25) is 0 Å². The van der Waals surface area contributed by atoms with Crippen molar-refractivity contribution in [2.24, 2.45) is 0 Å². The molecule has 0 saturated carbocycles. The van der Waals surface area contributed by atoms with Gasteiger partial charge in [-0.1, -0.05) is 18.2 Å². The SMILES string of the molecule is COc1ccccc1-c1cc(C(=O)N2CCN(CCNC(=O)c3cccs3)CC2)[nH]n1. The van der Waals surface area contributed by atoms with E-state index in [1.807, 2.05) is 46.7 Å². The number of aromatic nitrogens is 2. The van der Waals surface area contributed by atoms with Crippen LogP contribution in [0.25, 0.3) is 11.3 Å². The van der Waals surface area contributed by atoms with E-state index in [2.05, 4.69) is 20.4 Å².